The highest BCUT2D eigenvalue weighted by molar-refractivity contribution is 7.91. The summed E-state index contributed by atoms with van der Waals surface area (Å²) in [5, 5.41) is 0. The molecule has 1 aliphatic rings. The molecular weight excluding hydrogens is 441 g/mol. The van der Waals surface area contributed by atoms with Crippen LogP contribution in [-0.2, 0) is 25.5 Å². The molecule has 1 aliphatic heterocycles. The van der Waals surface area contributed by atoms with E-state index in [0.717, 1.165) is 18.2 Å². The number of carbonyl (C=O) groups excluding carboxylic acids is 2. The van der Waals surface area contributed by atoms with Crippen molar-refractivity contribution in [3.8, 4) is 11.5 Å². The molecular formula is C20H17F3O7S. The van der Waals surface area contributed by atoms with Gasteiger partial charge < -0.3 is 14.2 Å². The number of hydrogen-bond acceptors (Lipinski definition) is 7. The van der Waals surface area contributed by atoms with Crippen molar-refractivity contribution in [1.82, 2.24) is 0 Å². The summed E-state index contributed by atoms with van der Waals surface area (Å²) < 4.78 is 78.4. The number of rotatable bonds is 7. The maximum absolute atomic E-state index is 12.7. The van der Waals surface area contributed by atoms with Gasteiger partial charge in [-0.2, -0.15) is 13.2 Å². The average molecular weight is 458 g/mol. The minimum Gasteiger partial charge on any atom is -0.486 e. The van der Waals surface area contributed by atoms with Crippen molar-refractivity contribution in [2.24, 2.45) is 0 Å². The number of benzene rings is 2. The van der Waals surface area contributed by atoms with Crippen molar-refractivity contribution in [2.75, 3.05) is 25.6 Å². The van der Waals surface area contributed by atoms with Gasteiger partial charge in [-0.3, -0.25) is 9.59 Å². The van der Waals surface area contributed by atoms with E-state index in [2.05, 4.69) is 0 Å². The summed E-state index contributed by atoms with van der Waals surface area (Å²) in [6, 6.07) is 7.77. The molecule has 0 bridgehead atoms. The van der Waals surface area contributed by atoms with Gasteiger partial charge in [-0.15, -0.1) is 0 Å². The molecule has 0 unspecified atom stereocenters. The Morgan fingerprint density at radius 3 is 2.42 bits per heavy atom. The van der Waals surface area contributed by atoms with E-state index in [4.69, 9.17) is 14.2 Å². The molecule has 0 aromatic heterocycles. The van der Waals surface area contributed by atoms with Crippen LogP contribution in [0.3, 0.4) is 0 Å². The summed E-state index contributed by atoms with van der Waals surface area (Å²) in [6.45, 7) is -0.170. The van der Waals surface area contributed by atoms with Crippen LogP contribution in [0.25, 0.3) is 0 Å². The fraction of sp³-hybridized carbons (Fsp3) is 0.300. The van der Waals surface area contributed by atoms with Crippen LogP contribution in [0.1, 0.15) is 22.3 Å². The molecule has 2 aromatic carbocycles. The SMILES string of the molecule is O=C(CCS(=O)(=O)c1ccc2c(c1)OCCO2)OCC(=O)c1cccc(C(F)(F)F)c1. The van der Waals surface area contributed by atoms with Crippen LogP contribution in [0.5, 0.6) is 11.5 Å². The standard InChI is InChI=1S/C20H17F3O7S/c21-20(22,23)14-3-1-2-13(10-14)16(24)12-30-19(25)6-9-31(26,27)15-4-5-17-18(11-15)29-8-7-28-17/h1-5,10-11H,6-9,12H2. The zero-order chi connectivity index (χ0) is 22.6. The molecule has 2 aromatic rings. The molecule has 1 heterocycles. The fourth-order valence-electron chi connectivity index (χ4n) is 2.72. The molecule has 7 nitrogen and oxygen atoms in total. The zero-order valence-electron chi connectivity index (χ0n) is 16.0. The van der Waals surface area contributed by atoms with Crippen LogP contribution in [0.15, 0.2) is 47.4 Å². The van der Waals surface area contributed by atoms with Gasteiger partial charge in [0.15, 0.2) is 33.7 Å². The first-order valence-corrected chi connectivity index (χ1v) is 10.7. The molecule has 11 heteroatoms. The summed E-state index contributed by atoms with van der Waals surface area (Å²) >= 11 is 0. The lowest BCUT2D eigenvalue weighted by atomic mass is 10.1. The van der Waals surface area contributed by atoms with E-state index in [9.17, 15) is 31.2 Å². The number of alkyl halides is 3. The molecule has 31 heavy (non-hydrogen) atoms. The molecule has 0 N–H and O–H groups in total. The van der Waals surface area contributed by atoms with E-state index >= 15 is 0 Å². The number of hydrogen-bond donors (Lipinski definition) is 0. The minimum atomic E-state index is -4.62. The molecule has 0 atom stereocenters. The van der Waals surface area contributed by atoms with Gasteiger partial charge >= 0.3 is 12.1 Å². The highest BCUT2D eigenvalue weighted by Gasteiger charge is 2.31. The third-order valence-corrected chi connectivity index (χ3v) is 6.04. The van der Waals surface area contributed by atoms with E-state index in [-0.39, 0.29) is 22.8 Å². The maximum atomic E-state index is 12.7. The Kier molecular flexibility index (Phi) is 6.54. The molecule has 0 radical (unpaired) electrons. The number of ether oxygens (including phenoxy) is 3. The van der Waals surface area contributed by atoms with E-state index in [1.165, 1.54) is 18.2 Å². The second-order valence-electron chi connectivity index (χ2n) is 6.54. The minimum absolute atomic E-state index is 0.0652. The van der Waals surface area contributed by atoms with Crippen molar-refractivity contribution >= 4 is 21.6 Å². The van der Waals surface area contributed by atoms with Gasteiger partial charge in [0.25, 0.3) is 0 Å². The first-order chi connectivity index (χ1) is 14.6. The lowest BCUT2D eigenvalue weighted by Crippen LogP contribution is -2.18. The predicted molar refractivity (Wildman–Crippen MR) is 101 cm³/mol. The Morgan fingerprint density at radius 1 is 1.00 bits per heavy atom. The number of halogens is 3. The molecule has 0 saturated heterocycles. The van der Waals surface area contributed by atoms with Crippen molar-refractivity contribution in [2.45, 2.75) is 17.5 Å². The number of fused-ring (bicyclic) bond motifs is 1. The maximum Gasteiger partial charge on any atom is 0.416 e. The molecule has 0 spiro atoms. The lowest BCUT2D eigenvalue weighted by molar-refractivity contribution is -0.142. The Morgan fingerprint density at radius 2 is 1.71 bits per heavy atom. The fourth-order valence-corrected chi connectivity index (χ4v) is 3.96. The largest absolute Gasteiger partial charge is 0.486 e. The Bertz CT molecular complexity index is 1090. The predicted octanol–water partition coefficient (Wildman–Crippen LogP) is 3.07. The van der Waals surface area contributed by atoms with Gasteiger partial charge in [-0.1, -0.05) is 12.1 Å². The van der Waals surface area contributed by atoms with E-state index in [1.807, 2.05) is 0 Å². The van der Waals surface area contributed by atoms with Crippen molar-refractivity contribution in [3.05, 3.63) is 53.6 Å². The molecule has 0 aliphatic carbocycles. The third-order valence-electron chi connectivity index (χ3n) is 4.32. The summed E-state index contributed by atoms with van der Waals surface area (Å²) in [7, 11) is -3.85. The van der Waals surface area contributed by atoms with Crippen LogP contribution in [0.2, 0.25) is 0 Å². The number of sulfone groups is 1. The van der Waals surface area contributed by atoms with Crippen LogP contribution in [0, 0.1) is 0 Å². The summed E-state index contributed by atoms with van der Waals surface area (Å²) in [6.07, 6.45) is -5.15. The van der Waals surface area contributed by atoms with Crippen molar-refractivity contribution < 1.29 is 45.4 Å². The van der Waals surface area contributed by atoms with E-state index in [0.29, 0.717) is 18.4 Å². The average Bonchev–Trinajstić information content (AvgIpc) is 2.75. The van der Waals surface area contributed by atoms with Crippen LogP contribution in [-0.4, -0.2) is 45.7 Å². The first kappa shape index (κ1) is 22.6. The number of Topliss-reactive ketones (excluding diaryl/α,β-unsaturated/α-hetero) is 1. The number of esters is 1. The highest BCUT2D eigenvalue weighted by atomic mass is 32.2. The van der Waals surface area contributed by atoms with Crippen molar-refractivity contribution in [3.63, 3.8) is 0 Å². The van der Waals surface area contributed by atoms with Gasteiger partial charge in [0.05, 0.1) is 22.6 Å². The van der Waals surface area contributed by atoms with Gasteiger partial charge in [-0.05, 0) is 24.3 Å². The van der Waals surface area contributed by atoms with Gasteiger partial charge in [0, 0.05) is 11.6 Å². The number of ketones is 1. The Balaban J connectivity index is 1.55. The normalized spacial score (nSPS) is 13.5. The highest BCUT2D eigenvalue weighted by Crippen LogP contribution is 2.32. The zero-order valence-corrected chi connectivity index (χ0v) is 16.8. The van der Waals surface area contributed by atoms with Crippen LogP contribution in [0.4, 0.5) is 13.2 Å². The lowest BCUT2D eigenvalue weighted by Gasteiger charge is -2.18. The Labute approximate surface area is 175 Å². The summed E-state index contributed by atoms with van der Waals surface area (Å²) in [4.78, 5) is 23.8. The van der Waals surface area contributed by atoms with E-state index < -0.39 is 52.1 Å². The molecule has 3 rings (SSSR count). The van der Waals surface area contributed by atoms with E-state index in [1.54, 1.807) is 0 Å². The summed E-state index contributed by atoms with van der Waals surface area (Å²) in [5.41, 5.74) is -1.28. The molecule has 0 amide bonds. The second kappa shape index (κ2) is 8.96. The molecule has 166 valence electrons. The van der Waals surface area contributed by atoms with Crippen LogP contribution < -0.4 is 9.47 Å². The van der Waals surface area contributed by atoms with Crippen LogP contribution >= 0.6 is 0 Å². The quantitative estimate of drug-likeness (QED) is 0.465. The summed E-state index contributed by atoms with van der Waals surface area (Å²) in [5.74, 6) is -1.70. The van der Waals surface area contributed by atoms with Gasteiger partial charge in [-0.25, -0.2) is 8.42 Å². The second-order valence-corrected chi connectivity index (χ2v) is 8.65. The first-order valence-electron chi connectivity index (χ1n) is 9.05. The molecule has 0 fully saturated rings. The topological polar surface area (TPSA) is 96.0 Å². The smallest absolute Gasteiger partial charge is 0.416 e. The monoisotopic (exact) mass is 458 g/mol. The third kappa shape index (κ3) is 5.75. The Hall–Kier alpha value is -3.08. The van der Waals surface area contributed by atoms with Crippen molar-refractivity contribution in [1.29, 1.82) is 0 Å². The molecule has 0 saturated carbocycles. The van der Waals surface area contributed by atoms with Gasteiger partial charge in [0.1, 0.15) is 13.2 Å². The van der Waals surface area contributed by atoms with Gasteiger partial charge in [0.2, 0.25) is 0 Å². The number of carbonyl (C=O) groups is 2.